The van der Waals surface area contributed by atoms with Crippen LogP contribution < -0.4 is 26.6 Å². The standard InChI is InChI=1S/C36H58N6O7/c1-10-13-17-23(27(43)30(45)37-11-2)39-29(44)26-25-22(35(25,7)8)20-42(26)31(46)28(36(9)18-15-14-16-19-36)41-32(47)40-24(34(4,5)6)21-49-33(48)38-12-3/h1,22-26,28H,11-21H2,2-9H3,(H,37,45)(H,38,48)(H,39,44)(H2,40,41,47)/t22?,23?,24-,25?,26+,28-/m1/s1. The van der Waals surface area contributed by atoms with Gasteiger partial charge in [-0.15, -0.1) is 12.3 Å². The quantitative estimate of drug-likeness (QED) is 0.138. The number of hydrogen-bond acceptors (Lipinski definition) is 7. The minimum atomic E-state index is -1.14. The first-order valence-corrected chi connectivity index (χ1v) is 17.8. The maximum Gasteiger partial charge on any atom is 0.407 e. The van der Waals surface area contributed by atoms with Crippen LogP contribution in [0.5, 0.6) is 0 Å². The second-order valence-corrected chi connectivity index (χ2v) is 15.7. The topological polar surface area (TPSA) is 175 Å². The van der Waals surface area contributed by atoms with Crippen molar-refractivity contribution < 1.29 is 33.5 Å². The summed E-state index contributed by atoms with van der Waals surface area (Å²) in [6.45, 7) is 16.2. The molecule has 1 aliphatic heterocycles. The number of carbonyl (C=O) groups excluding carboxylic acids is 6. The molecule has 0 radical (unpaired) electrons. The molecule has 2 aliphatic carbocycles. The largest absolute Gasteiger partial charge is 0.447 e. The first kappa shape index (κ1) is 39.6. The molecular weight excluding hydrogens is 628 g/mol. The fraction of sp³-hybridized carbons (Fsp3) is 0.778. The van der Waals surface area contributed by atoms with Gasteiger partial charge in [0.2, 0.25) is 17.6 Å². The molecule has 0 spiro atoms. The van der Waals surface area contributed by atoms with Crippen LogP contribution in [0.1, 0.15) is 100 Å². The summed E-state index contributed by atoms with van der Waals surface area (Å²) >= 11 is 0. The van der Waals surface area contributed by atoms with Gasteiger partial charge in [-0.1, -0.05) is 60.8 Å². The molecule has 3 fully saturated rings. The number of rotatable bonds is 14. The molecule has 0 aromatic heterocycles. The van der Waals surface area contributed by atoms with Crippen LogP contribution in [-0.2, 0) is 23.9 Å². The Bertz CT molecular complexity index is 1300. The minimum absolute atomic E-state index is 0.0563. The van der Waals surface area contributed by atoms with Gasteiger partial charge in [0, 0.05) is 26.1 Å². The predicted molar refractivity (Wildman–Crippen MR) is 185 cm³/mol. The van der Waals surface area contributed by atoms with Gasteiger partial charge in [0.05, 0.1) is 12.1 Å². The molecule has 6 atom stereocenters. The van der Waals surface area contributed by atoms with Gasteiger partial charge in [-0.3, -0.25) is 19.2 Å². The zero-order chi connectivity index (χ0) is 36.7. The third-order valence-electron chi connectivity index (χ3n) is 10.8. The van der Waals surface area contributed by atoms with Crippen molar-refractivity contribution in [3.63, 3.8) is 0 Å². The molecule has 274 valence electrons. The van der Waals surface area contributed by atoms with E-state index in [0.717, 1.165) is 19.3 Å². The number of alkyl carbamates (subject to hydrolysis) is 1. The Hall–Kier alpha value is -3.82. The highest BCUT2D eigenvalue weighted by atomic mass is 16.5. The second kappa shape index (κ2) is 16.3. The number of urea groups is 1. The number of likely N-dealkylation sites (N-methyl/N-ethyl adjacent to an activating group) is 1. The van der Waals surface area contributed by atoms with Crippen molar-refractivity contribution in [3.05, 3.63) is 0 Å². The number of amides is 6. The van der Waals surface area contributed by atoms with E-state index in [9.17, 15) is 28.8 Å². The molecule has 0 aromatic carbocycles. The SMILES string of the molecule is C#CCCC(NC(=O)[C@@H]1C2C(CN1C(=O)[C@@H](NC(=O)N[C@H](COC(=O)NCC)C(C)(C)C)C1(C)CCCCC1)C2(C)C)C(=O)C(=O)NCC. The van der Waals surface area contributed by atoms with Crippen LogP contribution in [-0.4, -0.2) is 90.9 Å². The molecule has 2 saturated carbocycles. The fourth-order valence-electron chi connectivity index (χ4n) is 7.51. The van der Waals surface area contributed by atoms with Gasteiger partial charge in [0.25, 0.3) is 5.91 Å². The van der Waals surface area contributed by atoms with E-state index in [2.05, 4.69) is 46.4 Å². The van der Waals surface area contributed by atoms with Gasteiger partial charge in [-0.05, 0) is 61.2 Å². The van der Waals surface area contributed by atoms with Crippen LogP contribution in [0, 0.1) is 40.4 Å². The number of ether oxygens (including phenoxy) is 1. The molecule has 1 heterocycles. The summed E-state index contributed by atoms with van der Waals surface area (Å²) in [4.78, 5) is 81.5. The summed E-state index contributed by atoms with van der Waals surface area (Å²) < 4.78 is 5.35. The molecule has 49 heavy (non-hydrogen) atoms. The fourth-order valence-corrected chi connectivity index (χ4v) is 7.51. The van der Waals surface area contributed by atoms with Gasteiger partial charge >= 0.3 is 12.1 Å². The van der Waals surface area contributed by atoms with E-state index in [-0.39, 0.29) is 49.2 Å². The van der Waals surface area contributed by atoms with Gasteiger partial charge in [0.1, 0.15) is 18.7 Å². The lowest BCUT2D eigenvalue weighted by Crippen LogP contribution is -2.63. The van der Waals surface area contributed by atoms with Crippen LogP contribution in [0.15, 0.2) is 0 Å². The number of fused-ring (bicyclic) bond motifs is 1. The lowest BCUT2D eigenvalue weighted by Gasteiger charge is -2.43. The van der Waals surface area contributed by atoms with Crippen LogP contribution in [0.4, 0.5) is 9.59 Å². The first-order valence-electron chi connectivity index (χ1n) is 17.8. The minimum Gasteiger partial charge on any atom is -0.447 e. The maximum atomic E-state index is 14.7. The molecule has 3 unspecified atom stereocenters. The van der Waals surface area contributed by atoms with E-state index in [4.69, 9.17) is 11.2 Å². The highest BCUT2D eigenvalue weighted by Gasteiger charge is 2.70. The average Bonchev–Trinajstić information content (AvgIpc) is 3.33. The number of terminal acetylenes is 1. The van der Waals surface area contributed by atoms with Gasteiger partial charge < -0.3 is 36.2 Å². The summed E-state index contributed by atoms with van der Waals surface area (Å²) in [6.07, 6.45) is 9.36. The maximum absolute atomic E-state index is 14.7. The monoisotopic (exact) mass is 686 g/mol. The first-order chi connectivity index (χ1) is 22.9. The lowest BCUT2D eigenvalue weighted by atomic mass is 9.70. The summed E-state index contributed by atoms with van der Waals surface area (Å²) in [5, 5.41) is 13.8. The van der Waals surface area contributed by atoms with Crippen molar-refractivity contribution in [3.8, 4) is 12.3 Å². The van der Waals surface area contributed by atoms with Crippen molar-refractivity contribution in [1.29, 1.82) is 0 Å². The van der Waals surface area contributed by atoms with Gasteiger partial charge in [-0.2, -0.15) is 0 Å². The molecule has 13 heteroatoms. The molecule has 5 N–H and O–H groups in total. The van der Waals surface area contributed by atoms with Crippen LogP contribution in [0.3, 0.4) is 0 Å². The number of ketones is 1. The molecule has 0 aromatic rings. The Morgan fingerprint density at radius 2 is 1.57 bits per heavy atom. The Morgan fingerprint density at radius 3 is 2.14 bits per heavy atom. The number of nitrogens with zero attached hydrogens (tertiary/aromatic N) is 1. The molecule has 1 saturated heterocycles. The Labute approximate surface area is 291 Å². The number of Topliss-reactive ketones (excluding diaryl/α,β-unsaturated/α-hetero) is 1. The van der Waals surface area contributed by atoms with Crippen molar-refractivity contribution >= 4 is 35.6 Å². The predicted octanol–water partition coefficient (Wildman–Crippen LogP) is 2.87. The summed E-state index contributed by atoms with van der Waals surface area (Å²) in [7, 11) is 0. The molecular formula is C36H58N6O7. The molecule has 6 amide bonds. The van der Waals surface area contributed by atoms with Crippen molar-refractivity contribution in [1.82, 2.24) is 31.5 Å². The molecule has 3 rings (SSSR count). The van der Waals surface area contributed by atoms with E-state index in [1.165, 1.54) is 0 Å². The Morgan fingerprint density at radius 1 is 0.939 bits per heavy atom. The van der Waals surface area contributed by atoms with E-state index in [1.54, 1.807) is 18.7 Å². The van der Waals surface area contributed by atoms with Crippen LogP contribution >= 0.6 is 0 Å². The second-order valence-electron chi connectivity index (χ2n) is 15.7. The summed E-state index contributed by atoms with van der Waals surface area (Å²) in [5.41, 5.74) is -1.27. The smallest absolute Gasteiger partial charge is 0.407 e. The van der Waals surface area contributed by atoms with Crippen LogP contribution in [0.2, 0.25) is 0 Å². The Balaban J connectivity index is 1.89. The number of nitrogens with one attached hydrogen (secondary N) is 5. The van der Waals surface area contributed by atoms with Gasteiger partial charge in [-0.25, -0.2) is 9.59 Å². The number of carbonyl (C=O) groups is 6. The highest BCUT2D eigenvalue weighted by Crippen LogP contribution is 2.65. The third kappa shape index (κ3) is 9.45. The zero-order valence-electron chi connectivity index (χ0n) is 30.6. The molecule has 3 aliphatic rings. The normalized spacial score (nSPS) is 23.7. The average molecular weight is 687 g/mol. The summed E-state index contributed by atoms with van der Waals surface area (Å²) in [6, 6.07) is -4.11. The number of hydrogen-bond donors (Lipinski definition) is 5. The highest BCUT2D eigenvalue weighted by molar-refractivity contribution is 6.38. The zero-order valence-corrected chi connectivity index (χ0v) is 30.6. The van der Waals surface area contributed by atoms with Crippen molar-refractivity contribution in [2.24, 2.45) is 28.1 Å². The van der Waals surface area contributed by atoms with Gasteiger partial charge in [0.15, 0.2) is 0 Å². The Kier molecular flexibility index (Phi) is 13.1. The van der Waals surface area contributed by atoms with Crippen molar-refractivity contribution in [2.45, 2.75) is 125 Å². The lowest BCUT2D eigenvalue weighted by molar-refractivity contribution is -0.146. The number of piperidine rings is 1. The molecule has 0 bridgehead atoms. The van der Waals surface area contributed by atoms with E-state index >= 15 is 0 Å². The number of likely N-dealkylation sites (tertiary alicyclic amines) is 1. The van der Waals surface area contributed by atoms with Crippen LogP contribution in [0.25, 0.3) is 0 Å². The van der Waals surface area contributed by atoms with E-state index in [1.807, 2.05) is 27.7 Å². The van der Waals surface area contributed by atoms with E-state index in [0.29, 0.717) is 25.9 Å². The third-order valence-corrected chi connectivity index (χ3v) is 10.8. The summed E-state index contributed by atoms with van der Waals surface area (Å²) in [5.74, 6) is -0.104. The van der Waals surface area contributed by atoms with E-state index < -0.39 is 64.7 Å². The molecule has 13 nitrogen and oxygen atoms in total. The van der Waals surface area contributed by atoms with Crippen molar-refractivity contribution in [2.75, 3.05) is 26.2 Å².